The monoisotopic (exact) mass is 433 g/mol. The first-order valence-corrected chi connectivity index (χ1v) is 9.96. The van der Waals surface area contributed by atoms with Gasteiger partial charge in [0.2, 0.25) is 0 Å². The maximum Gasteiger partial charge on any atom is 0.409 e. The Morgan fingerprint density at radius 1 is 0.969 bits per heavy atom. The fraction of sp³-hybridized carbons (Fsp3) is 0.200. The number of carbonyl (C=O) groups is 2. The Balaban J connectivity index is 1.97. The van der Waals surface area contributed by atoms with Gasteiger partial charge < -0.3 is 18.6 Å². The topological polar surface area (TPSA) is 87.0 Å². The molecule has 1 aromatic heterocycles. The summed E-state index contributed by atoms with van der Waals surface area (Å²) in [6.45, 7) is 1.75. The molecular weight excluding hydrogens is 410 g/mol. The van der Waals surface area contributed by atoms with Crippen LogP contribution in [0.15, 0.2) is 77.2 Å². The number of amides is 1. The molecule has 0 aliphatic rings. The number of rotatable bonds is 7. The molecule has 0 fully saturated rings. The number of carbonyl (C=O) groups excluding carboxylic acids is 2. The molecule has 7 nitrogen and oxygen atoms in total. The van der Waals surface area contributed by atoms with Gasteiger partial charge in [-0.15, -0.1) is 0 Å². The highest BCUT2D eigenvalue weighted by molar-refractivity contribution is 5.90. The van der Waals surface area contributed by atoms with Gasteiger partial charge in [-0.05, 0) is 36.6 Å². The maximum absolute atomic E-state index is 13.1. The summed E-state index contributed by atoms with van der Waals surface area (Å²) in [5.41, 5.74) is -0.519. The third-order valence-electron chi connectivity index (χ3n) is 4.40. The average molecular weight is 433 g/mol. The normalized spacial score (nSPS) is 11.9. The zero-order valence-corrected chi connectivity index (χ0v) is 17.8. The van der Waals surface area contributed by atoms with Gasteiger partial charge in [0.25, 0.3) is 11.5 Å². The first-order valence-electron chi connectivity index (χ1n) is 9.96. The number of alkyl carbamates (subject to hydrolysis) is 1. The van der Waals surface area contributed by atoms with Gasteiger partial charge in [-0.3, -0.25) is 5.32 Å². The summed E-state index contributed by atoms with van der Waals surface area (Å²) in [6.07, 6.45) is -0.861. The smallest absolute Gasteiger partial charge is 0.409 e. The average Bonchev–Trinajstić information content (AvgIpc) is 3.32. The molecule has 1 N–H and O–H groups in total. The molecule has 1 atom stereocenters. The van der Waals surface area contributed by atoms with Crippen molar-refractivity contribution >= 4 is 12.1 Å². The van der Waals surface area contributed by atoms with Crippen molar-refractivity contribution in [3.05, 3.63) is 89.7 Å². The van der Waals surface area contributed by atoms with Crippen LogP contribution in [0.25, 0.3) is 0 Å². The van der Waals surface area contributed by atoms with Crippen molar-refractivity contribution in [2.75, 3.05) is 13.7 Å². The molecule has 3 aromatic rings. The lowest BCUT2D eigenvalue weighted by molar-refractivity contribution is -0.149. The number of methoxy groups -OCH3 is 1. The third-order valence-corrected chi connectivity index (χ3v) is 4.40. The van der Waals surface area contributed by atoms with Crippen molar-refractivity contribution < 1.29 is 28.2 Å². The van der Waals surface area contributed by atoms with Gasteiger partial charge in [-0.25, -0.2) is 9.59 Å². The van der Waals surface area contributed by atoms with Crippen LogP contribution < -0.4 is 10.1 Å². The van der Waals surface area contributed by atoms with Gasteiger partial charge in [-0.1, -0.05) is 54.5 Å². The maximum atomic E-state index is 13.1. The summed E-state index contributed by atoms with van der Waals surface area (Å²) in [6, 6.07) is 21.2. The van der Waals surface area contributed by atoms with Crippen molar-refractivity contribution in [2.24, 2.45) is 0 Å². The summed E-state index contributed by atoms with van der Waals surface area (Å²) in [7, 11) is 1.42. The van der Waals surface area contributed by atoms with E-state index in [4.69, 9.17) is 18.6 Å². The second-order valence-corrected chi connectivity index (χ2v) is 6.60. The molecule has 0 spiro atoms. The molecule has 0 aliphatic carbocycles. The van der Waals surface area contributed by atoms with Crippen molar-refractivity contribution in [3.8, 4) is 17.8 Å². The summed E-state index contributed by atoms with van der Waals surface area (Å²) < 4.78 is 21.3. The van der Waals surface area contributed by atoms with E-state index in [1.807, 2.05) is 48.5 Å². The lowest BCUT2D eigenvalue weighted by Gasteiger charge is -2.25. The van der Waals surface area contributed by atoms with Gasteiger partial charge in [0, 0.05) is 11.6 Å². The van der Waals surface area contributed by atoms with E-state index >= 15 is 0 Å². The quantitative estimate of drug-likeness (QED) is 0.447. The Kier molecular flexibility index (Phi) is 7.55. The number of hydrogen-bond acceptors (Lipinski definition) is 6. The largest absolute Gasteiger partial charge is 0.468 e. The molecule has 3 rings (SSSR count). The Morgan fingerprint density at radius 2 is 1.66 bits per heavy atom. The lowest BCUT2D eigenvalue weighted by Crippen LogP contribution is -2.51. The van der Waals surface area contributed by atoms with Gasteiger partial charge in [0.15, 0.2) is 5.76 Å². The minimum absolute atomic E-state index is 0.0131. The van der Waals surface area contributed by atoms with Gasteiger partial charge in [0.1, 0.15) is 6.61 Å². The molecule has 0 saturated heterocycles. The molecule has 7 heteroatoms. The third kappa shape index (κ3) is 5.49. The summed E-state index contributed by atoms with van der Waals surface area (Å²) in [4.78, 5) is 25.8. The van der Waals surface area contributed by atoms with Crippen molar-refractivity contribution in [1.29, 1.82) is 0 Å². The number of ether oxygens (including phenoxy) is 3. The highest BCUT2D eigenvalue weighted by atomic mass is 16.6. The molecule has 0 unspecified atom stereocenters. The van der Waals surface area contributed by atoms with Crippen LogP contribution in [0.1, 0.15) is 23.8 Å². The molecular formula is C25H23NO6. The zero-order valence-electron chi connectivity index (χ0n) is 17.8. The van der Waals surface area contributed by atoms with Crippen LogP contribution in [0, 0.1) is 11.8 Å². The van der Waals surface area contributed by atoms with E-state index in [-0.39, 0.29) is 24.9 Å². The van der Waals surface area contributed by atoms with Crippen molar-refractivity contribution in [1.82, 2.24) is 5.32 Å². The minimum Gasteiger partial charge on any atom is -0.468 e. The van der Waals surface area contributed by atoms with Gasteiger partial charge >= 0.3 is 12.1 Å². The number of furan rings is 1. The van der Waals surface area contributed by atoms with E-state index in [2.05, 4.69) is 17.2 Å². The van der Waals surface area contributed by atoms with Crippen LogP contribution >= 0.6 is 0 Å². The molecule has 32 heavy (non-hydrogen) atoms. The zero-order chi connectivity index (χ0) is 22.8. The summed E-state index contributed by atoms with van der Waals surface area (Å²) >= 11 is 0. The first-order chi connectivity index (χ1) is 15.6. The van der Waals surface area contributed by atoms with Crippen LogP contribution in [-0.2, 0) is 26.4 Å². The summed E-state index contributed by atoms with van der Waals surface area (Å²) in [5.74, 6) is 5.11. The van der Waals surface area contributed by atoms with E-state index < -0.39 is 17.6 Å². The van der Waals surface area contributed by atoms with Gasteiger partial charge in [0.05, 0.1) is 13.7 Å². The van der Waals surface area contributed by atoms with Crippen LogP contribution in [0.4, 0.5) is 4.79 Å². The van der Waals surface area contributed by atoms with Gasteiger partial charge in [-0.2, -0.15) is 0 Å². The van der Waals surface area contributed by atoms with Crippen molar-refractivity contribution in [2.45, 2.75) is 19.1 Å². The fourth-order valence-corrected chi connectivity index (χ4v) is 2.83. The molecule has 0 saturated carbocycles. The van der Waals surface area contributed by atoms with Crippen LogP contribution in [0.5, 0.6) is 5.95 Å². The van der Waals surface area contributed by atoms with E-state index in [1.54, 1.807) is 19.1 Å². The minimum atomic E-state index is -1.95. The number of benzene rings is 2. The first kappa shape index (κ1) is 22.5. The molecule has 2 aromatic carbocycles. The van der Waals surface area contributed by atoms with Crippen molar-refractivity contribution in [3.63, 3.8) is 0 Å². The predicted molar refractivity (Wildman–Crippen MR) is 117 cm³/mol. The number of hydrogen-bond donors (Lipinski definition) is 1. The highest BCUT2D eigenvalue weighted by Gasteiger charge is 2.46. The van der Waals surface area contributed by atoms with E-state index in [0.29, 0.717) is 5.56 Å². The Labute approximate surface area is 186 Å². The Bertz CT molecular complexity index is 1100. The van der Waals surface area contributed by atoms with Crippen LogP contribution in [-0.4, -0.2) is 25.8 Å². The predicted octanol–water partition coefficient (Wildman–Crippen LogP) is 4.02. The molecule has 0 aliphatic heterocycles. The second kappa shape index (κ2) is 10.7. The van der Waals surface area contributed by atoms with E-state index in [9.17, 15) is 9.59 Å². The molecule has 164 valence electrons. The SMILES string of the molecule is CCOC(=O)[C@@](C#Cc1ccccc1)(NC(=O)OCc1ccccc1)c1ccc(OC)o1. The Morgan fingerprint density at radius 3 is 2.28 bits per heavy atom. The van der Waals surface area contributed by atoms with E-state index in [1.165, 1.54) is 19.2 Å². The number of nitrogens with one attached hydrogen (secondary N) is 1. The van der Waals surface area contributed by atoms with Crippen LogP contribution in [0.2, 0.25) is 0 Å². The second-order valence-electron chi connectivity index (χ2n) is 6.60. The molecule has 0 bridgehead atoms. The standard InChI is InChI=1S/C25H23NO6/c1-3-30-23(27)25(21-14-15-22(29-2)32-21,17-16-19-10-6-4-7-11-19)26-24(28)31-18-20-12-8-5-9-13-20/h4-15H,3,18H2,1-2H3,(H,26,28)/t25-/m0/s1. The Hall–Kier alpha value is -4.18. The highest BCUT2D eigenvalue weighted by Crippen LogP contribution is 2.28. The summed E-state index contributed by atoms with van der Waals surface area (Å²) in [5, 5.41) is 2.55. The van der Waals surface area contributed by atoms with E-state index in [0.717, 1.165) is 5.56 Å². The lowest BCUT2D eigenvalue weighted by atomic mass is 9.96. The molecule has 1 amide bonds. The molecule has 0 radical (unpaired) electrons. The van der Waals surface area contributed by atoms with Crippen LogP contribution in [0.3, 0.4) is 0 Å². The fourth-order valence-electron chi connectivity index (χ4n) is 2.83. The number of esters is 1. The molecule has 1 heterocycles.